The second-order valence-corrected chi connectivity index (χ2v) is 9.63. The van der Waals surface area contributed by atoms with Gasteiger partial charge in [0.1, 0.15) is 5.00 Å². The van der Waals surface area contributed by atoms with E-state index in [9.17, 15) is 19.7 Å². The first-order valence-electron chi connectivity index (χ1n) is 10.3. The molecule has 0 spiro atoms. The van der Waals surface area contributed by atoms with Gasteiger partial charge < -0.3 is 11.1 Å². The fourth-order valence-electron chi connectivity index (χ4n) is 3.92. The zero-order valence-electron chi connectivity index (χ0n) is 17.9. The molecule has 2 aromatic rings. The molecule has 3 rings (SSSR count). The number of amides is 2. The summed E-state index contributed by atoms with van der Waals surface area (Å²) in [6.45, 7) is 6.75. The Hall–Kier alpha value is -3.00. The first-order chi connectivity index (χ1) is 14.6. The molecule has 0 radical (unpaired) electrons. The molecule has 8 heteroatoms. The van der Waals surface area contributed by atoms with E-state index in [2.05, 4.69) is 26.1 Å². The van der Waals surface area contributed by atoms with Gasteiger partial charge >= 0.3 is 0 Å². The second-order valence-electron chi connectivity index (χ2n) is 8.53. The number of hydrogen-bond donors (Lipinski definition) is 2. The van der Waals surface area contributed by atoms with E-state index in [4.69, 9.17) is 5.73 Å². The Balaban J connectivity index is 1.77. The van der Waals surface area contributed by atoms with Crippen LogP contribution in [0.4, 0.5) is 10.7 Å². The van der Waals surface area contributed by atoms with E-state index in [0.717, 1.165) is 36.1 Å². The Morgan fingerprint density at radius 2 is 2.00 bits per heavy atom. The number of nitro groups is 1. The van der Waals surface area contributed by atoms with E-state index in [0.29, 0.717) is 22.0 Å². The normalized spacial score (nSPS) is 16.2. The molecule has 0 bridgehead atoms. The number of nitrogens with zero attached hydrogens (tertiary/aromatic N) is 1. The number of rotatable bonds is 7. The van der Waals surface area contributed by atoms with Crippen molar-refractivity contribution in [2.75, 3.05) is 5.32 Å². The quantitative estimate of drug-likeness (QED) is 0.359. The fraction of sp³-hybridized carbons (Fsp3) is 0.391. The van der Waals surface area contributed by atoms with Crippen molar-refractivity contribution in [1.82, 2.24) is 0 Å². The molecule has 1 aromatic carbocycles. The third-order valence-corrected chi connectivity index (χ3v) is 7.47. The van der Waals surface area contributed by atoms with Crippen molar-refractivity contribution in [1.29, 1.82) is 0 Å². The van der Waals surface area contributed by atoms with Crippen LogP contribution in [-0.2, 0) is 17.6 Å². The van der Waals surface area contributed by atoms with Crippen molar-refractivity contribution in [3.8, 4) is 0 Å². The predicted octanol–water partition coefficient (Wildman–Crippen LogP) is 4.95. The maximum Gasteiger partial charge on any atom is 0.269 e. The molecule has 1 aliphatic rings. The minimum absolute atomic E-state index is 0.0126. The highest BCUT2D eigenvalue weighted by molar-refractivity contribution is 7.17. The largest absolute Gasteiger partial charge is 0.365 e. The summed E-state index contributed by atoms with van der Waals surface area (Å²) in [5, 5.41) is 14.0. The lowest BCUT2D eigenvalue weighted by atomic mass is 9.69. The molecule has 0 saturated carbocycles. The first kappa shape index (κ1) is 22.7. The lowest BCUT2D eigenvalue weighted by Crippen LogP contribution is -2.29. The van der Waals surface area contributed by atoms with E-state index < -0.39 is 10.8 Å². The van der Waals surface area contributed by atoms with Gasteiger partial charge in [0.2, 0.25) is 5.91 Å². The number of non-ortho nitro benzene ring substituents is 1. The van der Waals surface area contributed by atoms with Crippen molar-refractivity contribution in [2.45, 2.75) is 46.5 Å². The van der Waals surface area contributed by atoms with Crippen molar-refractivity contribution >= 4 is 39.9 Å². The number of nitrogens with one attached hydrogen (secondary N) is 1. The summed E-state index contributed by atoms with van der Waals surface area (Å²) >= 11 is 1.43. The monoisotopic (exact) mass is 441 g/mol. The lowest BCUT2D eigenvalue weighted by Gasteiger charge is -2.36. The number of fused-ring (bicyclic) bond motifs is 1. The van der Waals surface area contributed by atoms with Crippen LogP contribution in [-0.4, -0.2) is 16.7 Å². The summed E-state index contributed by atoms with van der Waals surface area (Å²) < 4.78 is 0. The van der Waals surface area contributed by atoms with Gasteiger partial charge in [0.05, 0.1) is 10.5 Å². The zero-order chi connectivity index (χ0) is 22.8. The fourth-order valence-corrected chi connectivity index (χ4v) is 5.26. The van der Waals surface area contributed by atoms with E-state index in [1.165, 1.54) is 29.5 Å². The molecule has 1 heterocycles. The molecule has 3 N–H and O–H groups in total. The van der Waals surface area contributed by atoms with Crippen molar-refractivity contribution in [2.24, 2.45) is 17.1 Å². The highest BCUT2D eigenvalue weighted by Gasteiger charge is 2.34. The molecule has 1 aliphatic carbocycles. The van der Waals surface area contributed by atoms with Crippen LogP contribution < -0.4 is 11.1 Å². The number of primary amides is 1. The summed E-state index contributed by atoms with van der Waals surface area (Å²) in [7, 11) is 0. The maximum atomic E-state index is 12.5. The van der Waals surface area contributed by atoms with Gasteiger partial charge in [0.15, 0.2) is 0 Å². The Morgan fingerprint density at radius 3 is 2.58 bits per heavy atom. The van der Waals surface area contributed by atoms with Crippen LogP contribution in [0.2, 0.25) is 0 Å². The molecule has 0 saturated heterocycles. The van der Waals surface area contributed by atoms with Crippen LogP contribution in [0.25, 0.3) is 6.08 Å². The van der Waals surface area contributed by atoms with Crippen molar-refractivity contribution < 1.29 is 14.5 Å². The van der Waals surface area contributed by atoms with Crippen molar-refractivity contribution in [3.63, 3.8) is 0 Å². The molecule has 0 aliphatic heterocycles. The average molecular weight is 442 g/mol. The van der Waals surface area contributed by atoms with Crippen LogP contribution in [0, 0.1) is 21.4 Å². The number of nitro benzene ring substituents is 1. The van der Waals surface area contributed by atoms with E-state index in [1.807, 2.05) is 0 Å². The molecular formula is C23H27N3O4S. The van der Waals surface area contributed by atoms with Crippen LogP contribution in [0.3, 0.4) is 0 Å². The van der Waals surface area contributed by atoms with Gasteiger partial charge in [0.25, 0.3) is 11.6 Å². The van der Waals surface area contributed by atoms with Gasteiger partial charge in [-0.05, 0) is 59.9 Å². The maximum absolute atomic E-state index is 12.5. The SMILES string of the molecule is CCC(C)(C)C1CCc2c(sc(NC(=O)C=Cc3ccc([N+](=O)[O-])cc3)c2C(N)=O)C1. The number of benzene rings is 1. The van der Waals surface area contributed by atoms with Crippen LogP contribution in [0.15, 0.2) is 30.3 Å². The Labute approximate surface area is 185 Å². The topological polar surface area (TPSA) is 115 Å². The Kier molecular flexibility index (Phi) is 6.59. The number of carbonyl (C=O) groups excluding carboxylic acids is 2. The van der Waals surface area contributed by atoms with Gasteiger partial charge in [-0.1, -0.05) is 27.2 Å². The van der Waals surface area contributed by atoms with Crippen LogP contribution in [0.5, 0.6) is 0 Å². The number of hydrogen-bond acceptors (Lipinski definition) is 5. The highest BCUT2D eigenvalue weighted by atomic mass is 32.1. The summed E-state index contributed by atoms with van der Waals surface area (Å²) in [6.07, 6.45) is 6.66. The summed E-state index contributed by atoms with van der Waals surface area (Å²) in [5.74, 6) is -0.389. The number of nitrogens with two attached hydrogens (primary N) is 1. The standard InChI is InChI=1S/C23H27N3O4S/c1-4-23(2,3)15-8-11-17-18(13-15)31-22(20(17)21(24)28)25-19(27)12-7-14-5-9-16(10-6-14)26(29)30/h5-7,9-10,12,15H,4,8,11,13H2,1-3H3,(H2,24,28)(H,25,27). The first-order valence-corrected chi connectivity index (χ1v) is 11.1. The molecule has 1 atom stereocenters. The zero-order valence-corrected chi connectivity index (χ0v) is 18.8. The molecular weight excluding hydrogens is 414 g/mol. The third-order valence-electron chi connectivity index (χ3n) is 6.30. The lowest BCUT2D eigenvalue weighted by molar-refractivity contribution is -0.384. The summed E-state index contributed by atoms with van der Waals surface area (Å²) in [4.78, 5) is 36.0. The second kappa shape index (κ2) is 9.01. The minimum Gasteiger partial charge on any atom is -0.365 e. The summed E-state index contributed by atoms with van der Waals surface area (Å²) in [6, 6.07) is 5.89. The summed E-state index contributed by atoms with van der Waals surface area (Å²) in [5.41, 5.74) is 7.90. The molecule has 7 nitrogen and oxygen atoms in total. The van der Waals surface area contributed by atoms with E-state index in [1.54, 1.807) is 18.2 Å². The molecule has 2 amide bonds. The molecule has 164 valence electrons. The molecule has 1 aromatic heterocycles. The molecule has 0 fully saturated rings. The highest BCUT2D eigenvalue weighted by Crippen LogP contribution is 2.45. The molecule has 31 heavy (non-hydrogen) atoms. The number of carbonyl (C=O) groups is 2. The van der Waals surface area contributed by atoms with Gasteiger partial charge in [0, 0.05) is 23.1 Å². The smallest absolute Gasteiger partial charge is 0.269 e. The van der Waals surface area contributed by atoms with Gasteiger partial charge in [-0.15, -0.1) is 11.3 Å². The predicted molar refractivity (Wildman–Crippen MR) is 123 cm³/mol. The van der Waals surface area contributed by atoms with Gasteiger partial charge in [-0.2, -0.15) is 0 Å². The Bertz CT molecular complexity index is 1040. The molecule has 1 unspecified atom stereocenters. The van der Waals surface area contributed by atoms with E-state index in [-0.39, 0.29) is 17.0 Å². The number of thiophene rings is 1. The minimum atomic E-state index is -0.527. The van der Waals surface area contributed by atoms with Gasteiger partial charge in [-0.3, -0.25) is 19.7 Å². The van der Waals surface area contributed by atoms with Crippen LogP contribution >= 0.6 is 11.3 Å². The number of anilines is 1. The van der Waals surface area contributed by atoms with Crippen molar-refractivity contribution in [3.05, 3.63) is 62.0 Å². The van der Waals surface area contributed by atoms with Crippen LogP contribution in [0.1, 0.15) is 60.0 Å². The average Bonchev–Trinajstić information content (AvgIpc) is 3.09. The van der Waals surface area contributed by atoms with Gasteiger partial charge in [-0.25, -0.2) is 0 Å². The third kappa shape index (κ3) is 5.02. The Morgan fingerprint density at radius 1 is 1.32 bits per heavy atom. The van der Waals surface area contributed by atoms with E-state index >= 15 is 0 Å².